The van der Waals surface area contributed by atoms with Crippen molar-refractivity contribution in [1.29, 1.82) is 0 Å². The van der Waals surface area contributed by atoms with E-state index in [9.17, 15) is 13.2 Å². The van der Waals surface area contributed by atoms with Crippen molar-refractivity contribution < 1.29 is 13.2 Å². The molecule has 188 valence electrons. The highest BCUT2D eigenvalue weighted by atomic mass is 32.2. The van der Waals surface area contributed by atoms with Gasteiger partial charge in [0.2, 0.25) is 10.0 Å². The number of primary sulfonamides is 1. The second kappa shape index (κ2) is 10.1. The van der Waals surface area contributed by atoms with E-state index in [1.807, 2.05) is 66.3 Å². The minimum Gasteiger partial charge on any atom is -0.360 e. The van der Waals surface area contributed by atoms with Crippen molar-refractivity contribution in [2.45, 2.75) is 17.4 Å². The fraction of sp³-hybridized carbons (Fsp3) is 0.143. The van der Waals surface area contributed by atoms with E-state index in [0.717, 1.165) is 33.3 Å². The molecule has 37 heavy (non-hydrogen) atoms. The Morgan fingerprint density at radius 2 is 1.84 bits per heavy atom. The Bertz CT molecular complexity index is 1660. The number of hydrogen-bond donors (Lipinski definition) is 3. The van der Waals surface area contributed by atoms with Crippen LogP contribution in [0.15, 0.2) is 96.4 Å². The summed E-state index contributed by atoms with van der Waals surface area (Å²) in [5, 5.41) is 9.44. The summed E-state index contributed by atoms with van der Waals surface area (Å²) >= 11 is 0. The number of sulfonamides is 1. The Balaban J connectivity index is 1.37. The number of H-pyrrole nitrogens is 1. The number of aromatic amines is 1. The van der Waals surface area contributed by atoms with Gasteiger partial charge in [-0.3, -0.25) is 4.79 Å². The van der Waals surface area contributed by atoms with Gasteiger partial charge in [-0.15, -0.1) is 0 Å². The van der Waals surface area contributed by atoms with Crippen LogP contribution in [0.1, 0.15) is 27.5 Å². The highest BCUT2D eigenvalue weighted by Gasteiger charge is 2.24. The fourth-order valence-corrected chi connectivity index (χ4v) is 4.94. The number of imidazole rings is 1. The predicted molar refractivity (Wildman–Crippen MR) is 144 cm³/mol. The van der Waals surface area contributed by atoms with Crippen molar-refractivity contribution in [1.82, 2.24) is 19.9 Å². The van der Waals surface area contributed by atoms with Crippen LogP contribution in [0.2, 0.25) is 0 Å². The molecule has 0 spiro atoms. The van der Waals surface area contributed by atoms with Crippen molar-refractivity contribution in [3.05, 3.63) is 108 Å². The van der Waals surface area contributed by atoms with Crippen LogP contribution < -0.4 is 10.5 Å². The summed E-state index contributed by atoms with van der Waals surface area (Å²) in [5.41, 5.74) is 5.13. The summed E-state index contributed by atoms with van der Waals surface area (Å²) in [6.07, 6.45) is 6.09. The maximum atomic E-state index is 13.8. The van der Waals surface area contributed by atoms with Gasteiger partial charge in [0.25, 0.3) is 0 Å². The number of Topliss-reactive ketones (excluding diaryl/α,β-unsaturated/α-hetero) is 1. The fourth-order valence-electron chi connectivity index (χ4n) is 4.42. The molecule has 2 aromatic heterocycles. The van der Waals surface area contributed by atoms with Crippen molar-refractivity contribution in [3.8, 4) is 11.3 Å². The van der Waals surface area contributed by atoms with Crippen LogP contribution in [0.5, 0.6) is 0 Å². The maximum Gasteiger partial charge on any atom is 0.238 e. The molecule has 0 saturated carbocycles. The molecule has 0 radical (unpaired) electrons. The zero-order chi connectivity index (χ0) is 26.0. The molecule has 1 atom stereocenters. The summed E-state index contributed by atoms with van der Waals surface area (Å²) in [6.45, 7) is 0.520. The largest absolute Gasteiger partial charge is 0.360 e. The van der Waals surface area contributed by atoms with E-state index in [-0.39, 0.29) is 10.7 Å². The van der Waals surface area contributed by atoms with Gasteiger partial charge in [0.05, 0.1) is 23.0 Å². The van der Waals surface area contributed by atoms with E-state index in [2.05, 4.69) is 15.3 Å². The minimum absolute atomic E-state index is 0.0346. The maximum absolute atomic E-state index is 13.8. The Morgan fingerprint density at radius 1 is 1.08 bits per heavy atom. The lowest BCUT2D eigenvalue weighted by Crippen LogP contribution is -2.30. The predicted octanol–water partition coefficient (Wildman–Crippen LogP) is 3.97. The Hall–Kier alpha value is -4.05. The topological polar surface area (TPSA) is 123 Å². The van der Waals surface area contributed by atoms with Crippen LogP contribution in [-0.2, 0) is 23.5 Å². The van der Waals surface area contributed by atoms with Crippen LogP contribution in [0.4, 0.5) is 0 Å². The number of nitrogens with one attached hydrogen (secondary N) is 2. The van der Waals surface area contributed by atoms with Gasteiger partial charge in [-0.1, -0.05) is 54.6 Å². The number of ketones is 1. The zero-order valence-electron chi connectivity index (χ0n) is 20.3. The van der Waals surface area contributed by atoms with Crippen LogP contribution in [-0.4, -0.2) is 35.3 Å². The van der Waals surface area contributed by atoms with Crippen LogP contribution >= 0.6 is 0 Å². The third kappa shape index (κ3) is 5.39. The summed E-state index contributed by atoms with van der Waals surface area (Å²) in [5.74, 6) is -0.0346. The third-order valence-electron chi connectivity index (χ3n) is 6.36. The van der Waals surface area contributed by atoms with Crippen molar-refractivity contribution in [3.63, 3.8) is 0 Å². The lowest BCUT2D eigenvalue weighted by molar-refractivity contribution is 0.0945. The number of rotatable bonds is 9. The summed E-state index contributed by atoms with van der Waals surface area (Å²) in [6, 6.07) is 21.5. The molecule has 4 N–H and O–H groups in total. The lowest BCUT2D eigenvalue weighted by Gasteiger charge is -2.18. The number of fused-ring (bicyclic) bond motifs is 1. The summed E-state index contributed by atoms with van der Waals surface area (Å²) in [4.78, 5) is 21.5. The zero-order valence-corrected chi connectivity index (χ0v) is 21.1. The molecule has 0 aliphatic heterocycles. The first-order valence-corrected chi connectivity index (χ1v) is 13.4. The Morgan fingerprint density at radius 3 is 2.51 bits per heavy atom. The van der Waals surface area contributed by atoms with Crippen LogP contribution in [0.3, 0.4) is 0 Å². The minimum atomic E-state index is -3.73. The number of aromatic nitrogens is 3. The molecule has 2 heterocycles. The van der Waals surface area contributed by atoms with Crippen LogP contribution in [0, 0.1) is 0 Å². The molecule has 5 rings (SSSR count). The van der Waals surface area contributed by atoms with Gasteiger partial charge in [-0.2, -0.15) is 0 Å². The van der Waals surface area contributed by atoms with Crippen molar-refractivity contribution in [2.24, 2.45) is 12.2 Å². The lowest BCUT2D eigenvalue weighted by atomic mass is 9.96. The highest BCUT2D eigenvalue weighted by molar-refractivity contribution is 7.89. The van der Waals surface area contributed by atoms with Crippen molar-refractivity contribution in [2.75, 3.05) is 6.54 Å². The molecule has 0 fully saturated rings. The monoisotopic (exact) mass is 513 g/mol. The first-order chi connectivity index (χ1) is 17.8. The van der Waals surface area contributed by atoms with Gasteiger partial charge in [-0.05, 0) is 35.7 Å². The van der Waals surface area contributed by atoms with E-state index in [4.69, 9.17) is 5.14 Å². The number of carbonyl (C=O) groups is 1. The Labute approximate surface area is 215 Å². The molecule has 0 bridgehead atoms. The van der Waals surface area contributed by atoms with E-state index in [1.165, 1.54) is 12.1 Å². The number of aryl methyl sites for hydroxylation is 1. The van der Waals surface area contributed by atoms with E-state index >= 15 is 0 Å². The SMILES string of the molecule is Cn1cnc(-c2ccc3c(C(=O)[C@H](NCCc4ccc(S(N)(=O)=O)cc4)c4ccccc4)c[nH]c3c2)c1. The molecule has 9 heteroatoms. The number of benzene rings is 3. The molecular formula is C28H27N5O3S. The molecule has 8 nitrogen and oxygen atoms in total. The first-order valence-electron chi connectivity index (χ1n) is 11.8. The number of hydrogen-bond acceptors (Lipinski definition) is 5. The quantitative estimate of drug-likeness (QED) is 0.257. The molecular weight excluding hydrogens is 486 g/mol. The number of carbonyl (C=O) groups excluding carboxylic acids is 1. The number of nitrogens with zero attached hydrogens (tertiary/aromatic N) is 2. The normalized spacial score (nSPS) is 12.6. The van der Waals surface area contributed by atoms with E-state index < -0.39 is 16.1 Å². The van der Waals surface area contributed by atoms with Gasteiger partial charge < -0.3 is 14.9 Å². The molecule has 0 saturated heterocycles. The second-order valence-corrected chi connectivity index (χ2v) is 10.5. The molecule has 0 amide bonds. The molecule has 3 aromatic carbocycles. The summed E-state index contributed by atoms with van der Waals surface area (Å²) < 4.78 is 24.9. The molecule has 5 aromatic rings. The standard InChI is InChI=1S/C28H27N5O3S/c1-33-17-26(32-18-33)21-9-12-23-24(16-31-25(23)15-21)28(34)27(20-5-3-2-4-6-20)30-14-13-19-7-10-22(11-8-19)37(29,35)36/h2-12,15-18,27,30-31H,13-14H2,1H3,(H2,29,35,36)/t27-/m1/s1. The second-order valence-electron chi connectivity index (χ2n) is 8.99. The van der Waals surface area contributed by atoms with Gasteiger partial charge in [0.15, 0.2) is 5.78 Å². The van der Waals surface area contributed by atoms with Crippen LogP contribution in [0.25, 0.3) is 22.2 Å². The van der Waals surface area contributed by atoms with Gasteiger partial charge in [-0.25, -0.2) is 18.5 Å². The first kappa shape index (κ1) is 24.6. The van der Waals surface area contributed by atoms with Crippen molar-refractivity contribution >= 4 is 26.7 Å². The van der Waals surface area contributed by atoms with Gasteiger partial charge in [0, 0.05) is 48.0 Å². The number of nitrogens with two attached hydrogens (primary N) is 1. The average molecular weight is 514 g/mol. The highest BCUT2D eigenvalue weighted by Crippen LogP contribution is 2.28. The third-order valence-corrected chi connectivity index (χ3v) is 7.29. The smallest absolute Gasteiger partial charge is 0.238 e. The van der Waals surface area contributed by atoms with Gasteiger partial charge >= 0.3 is 0 Å². The van der Waals surface area contributed by atoms with E-state index in [1.54, 1.807) is 24.7 Å². The summed E-state index contributed by atoms with van der Waals surface area (Å²) in [7, 11) is -1.80. The molecule has 0 aliphatic carbocycles. The molecule has 0 unspecified atom stereocenters. The Kier molecular flexibility index (Phi) is 6.75. The van der Waals surface area contributed by atoms with E-state index in [0.29, 0.717) is 18.5 Å². The average Bonchev–Trinajstić information content (AvgIpc) is 3.52. The van der Waals surface area contributed by atoms with Gasteiger partial charge in [0.1, 0.15) is 0 Å². The molecule has 0 aliphatic rings.